The van der Waals surface area contributed by atoms with Crippen molar-refractivity contribution < 1.29 is 29.6 Å². The predicted octanol–water partition coefficient (Wildman–Crippen LogP) is 2.28. The summed E-state index contributed by atoms with van der Waals surface area (Å²) in [5.41, 5.74) is 1.43. The molecule has 1 rings (SSSR count). The van der Waals surface area contributed by atoms with Crippen LogP contribution in [0.25, 0.3) is 0 Å². The summed E-state index contributed by atoms with van der Waals surface area (Å²) < 4.78 is 0. The molecule has 0 heterocycles. The van der Waals surface area contributed by atoms with Gasteiger partial charge in [0.25, 0.3) is 0 Å². The second-order valence-corrected chi connectivity index (χ2v) is 5.34. The van der Waals surface area contributed by atoms with E-state index in [-0.39, 0.29) is 29.6 Å². The van der Waals surface area contributed by atoms with Crippen molar-refractivity contribution in [1.29, 1.82) is 0 Å². The Kier molecular flexibility index (Phi) is 12.8. The van der Waals surface area contributed by atoms with Crippen molar-refractivity contribution in [3.05, 3.63) is 29.8 Å². The molecule has 0 N–H and O–H groups in total. The van der Waals surface area contributed by atoms with E-state index in [1.807, 2.05) is 12.1 Å². The van der Waals surface area contributed by atoms with Crippen molar-refractivity contribution in [1.82, 2.24) is 0 Å². The van der Waals surface area contributed by atoms with E-state index in [4.69, 9.17) is 12.6 Å². The summed E-state index contributed by atoms with van der Waals surface area (Å²) in [6, 6.07) is 8.41. The summed E-state index contributed by atoms with van der Waals surface area (Å²) in [5.74, 6) is 0. The van der Waals surface area contributed by atoms with Crippen LogP contribution < -0.4 is 29.6 Å². The molecule has 0 aliphatic rings. The van der Waals surface area contributed by atoms with Gasteiger partial charge in [0.05, 0.1) is 0 Å². The first kappa shape index (κ1) is 18.4. The van der Waals surface area contributed by atoms with Crippen molar-refractivity contribution >= 4 is 12.6 Å². The summed E-state index contributed by atoms with van der Waals surface area (Å²) in [6.45, 7) is 2.27. The molecule has 0 amide bonds. The molecule has 0 fully saturated rings. The van der Waals surface area contributed by atoms with Gasteiger partial charge in [-0.3, -0.25) is 0 Å². The van der Waals surface area contributed by atoms with Crippen LogP contribution in [0.3, 0.4) is 0 Å². The Balaban J connectivity index is 0.00000289. The summed E-state index contributed by atoms with van der Waals surface area (Å²) in [4.78, 5) is 0.949. The average molecular weight is 272 g/mol. The molecule has 0 unspecified atom stereocenters. The van der Waals surface area contributed by atoms with Gasteiger partial charge in [0.2, 0.25) is 0 Å². The maximum Gasteiger partial charge on any atom is 1.00 e. The van der Waals surface area contributed by atoms with Gasteiger partial charge < -0.3 is 12.6 Å². The van der Waals surface area contributed by atoms with Crippen molar-refractivity contribution in [2.75, 3.05) is 0 Å². The Bertz CT molecular complexity index is 282. The average Bonchev–Trinajstić information content (AvgIpc) is 2.35. The molecule has 2 heteroatoms. The third-order valence-corrected chi connectivity index (χ3v) is 3.51. The molecule has 0 aliphatic carbocycles. The molecule has 0 aromatic heterocycles. The minimum absolute atomic E-state index is 0. The SMILES string of the molecule is CCCCCCCCCCc1ccc([S-])cc1.[Na+]. The molecular weight excluding hydrogens is 247 g/mol. The third-order valence-electron chi connectivity index (χ3n) is 3.24. The van der Waals surface area contributed by atoms with Crippen LogP contribution in [-0.4, -0.2) is 0 Å². The molecule has 0 nitrogen and oxygen atoms in total. The number of hydrogen-bond donors (Lipinski definition) is 0. The Morgan fingerprint density at radius 1 is 0.778 bits per heavy atom. The van der Waals surface area contributed by atoms with Crippen LogP contribution in [0.2, 0.25) is 0 Å². The summed E-state index contributed by atoms with van der Waals surface area (Å²) >= 11 is 5.08. The molecule has 0 radical (unpaired) electrons. The van der Waals surface area contributed by atoms with Gasteiger partial charge in [-0.25, -0.2) is 0 Å². The van der Waals surface area contributed by atoms with E-state index in [9.17, 15) is 0 Å². The van der Waals surface area contributed by atoms with E-state index in [1.54, 1.807) is 0 Å². The largest absolute Gasteiger partial charge is 1.00 e. The molecule has 0 aliphatic heterocycles. The third kappa shape index (κ3) is 9.38. The van der Waals surface area contributed by atoms with Gasteiger partial charge in [-0.05, 0) is 18.4 Å². The van der Waals surface area contributed by atoms with E-state index in [0.29, 0.717) is 0 Å². The van der Waals surface area contributed by atoms with Crippen LogP contribution in [-0.2, 0) is 19.0 Å². The smallest absolute Gasteiger partial charge is 0.780 e. The Morgan fingerprint density at radius 2 is 1.28 bits per heavy atom. The Morgan fingerprint density at radius 3 is 1.83 bits per heavy atom. The second-order valence-electron chi connectivity index (χ2n) is 4.87. The van der Waals surface area contributed by atoms with Gasteiger partial charge in [-0.1, -0.05) is 76.1 Å². The normalized spacial score (nSPS) is 10.1. The molecule has 96 valence electrons. The molecule has 0 bridgehead atoms. The number of unbranched alkanes of at least 4 members (excludes halogenated alkanes) is 7. The fourth-order valence-electron chi connectivity index (χ4n) is 2.12. The quantitative estimate of drug-likeness (QED) is 0.377. The zero-order valence-electron chi connectivity index (χ0n) is 12.1. The second kappa shape index (κ2) is 12.5. The van der Waals surface area contributed by atoms with Crippen LogP contribution in [0, 0.1) is 0 Å². The predicted molar refractivity (Wildman–Crippen MR) is 78.4 cm³/mol. The van der Waals surface area contributed by atoms with E-state index in [2.05, 4.69) is 19.1 Å². The maximum absolute atomic E-state index is 5.08. The maximum atomic E-state index is 5.08. The monoisotopic (exact) mass is 272 g/mol. The molecule has 0 spiro atoms. The molecule has 1 aromatic rings. The molecule has 18 heavy (non-hydrogen) atoms. The molecule has 1 aromatic carbocycles. The van der Waals surface area contributed by atoms with E-state index >= 15 is 0 Å². The Hall–Kier alpha value is 0.440. The van der Waals surface area contributed by atoms with Crippen molar-refractivity contribution in [3.63, 3.8) is 0 Å². The van der Waals surface area contributed by atoms with Crippen LogP contribution in [0.4, 0.5) is 0 Å². The van der Waals surface area contributed by atoms with Gasteiger partial charge >= 0.3 is 29.6 Å². The van der Waals surface area contributed by atoms with Crippen molar-refractivity contribution in [2.45, 2.75) is 69.6 Å². The van der Waals surface area contributed by atoms with Gasteiger partial charge in [-0.15, -0.1) is 0 Å². The summed E-state index contributed by atoms with van der Waals surface area (Å²) in [7, 11) is 0. The zero-order chi connectivity index (χ0) is 12.3. The Labute approximate surface area is 141 Å². The van der Waals surface area contributed by atoms with Gasteiger partial charge in [-0.2, -0.15) is 4.90 Å². The van der Waals surface area contributed by atoms with E-state index < -0.39 is 0 Å². The number of benzene rings is 1. The number of hydrogen-bond acceptors (Lipinski definition) is 1. The van der Waals surface area contributed by atoms with Crippen LogP contribution in [0.5, 0.6) is 0 Å². The van der Waals surface area contributed by atoms with Crippen molar-refractivity contribution in [2.24, 2.45) is 0 Å². The fourth-order valence-corrected chi connectivity index (χ4v) is 2.26. The minimum atomic E-state index is 0. The first-order chi connectivity index (χ1) is 8.33. The number of aryl methyl sites for hydroxylation is 1. The number of rotatable bonds is 9. The van der Waals surface area contributed by atoms with Gasteiger partial charge in [0, 0.05) is 0 Å². The minimum Gasteiger partial charge on any atom is -0.780 e. The van der Waals surface area contributed by atoms with Gasteiger partial charge in [0.1, 0.15) is 0 Å². The van der Waals surface area contributed by atoms with Crippen LogP contribution in [0.15, 0.2) is 29.2 Å². The van der Waals surface area contributed by atoms with E-state index in [1.165, 1.54) is 63.4 Å². The van der Waals surface area contributed by atoms with Gasteiger partial charge in [0.15, 0.2) is 0 Å². The summed E-state index contributed by atoms with van der Waals surface area (Å²) in [6.07, 6.45) is 12.4. The molecule has 0 saturated carbocycles. The topological polar surface area (TPSA) is 0 Å². The van der Waals surface area contributed by atoms with E-state index in [0.717, 1.165) is 4.90 Å². The van der Waals surface area contributed by atoms with Crippen LogP contribution >= 0.6 is 0 Å². The molecular formula is C16H25NaS. The zero-order valence-corrected chi connectivity index (χ0v) is 14.9. The molecule has 0 atom stereocenters. The first-order valence-corrected chi connectivity index (χ1v) is 7.49. The standard InChI is InChI=1S/C16H26S.Na/c1-2-3-4-5-6-7-8-9-10-15-11-13-16(17)14-12-15;/h11-14,17H,2-10H2,1H3;/q;+1/p-1. The van der Waals surface area contributed by atoms with Crippen LogP contribution in [0.1, 0.15) is 63.9 Å². The van der Waals surface area contributed by atoms with Crippen molar-refractivity contribution in [3.8, 4) is 0 Å². The fraction of sp³-hybridized carbons (Fsp3) is 0.625. The molecule has 0 saturated heterocycles. The summed E-state index contributed by atoms with van der Waals surface area (Å²) in [5, 5.41) is 0. The first-order valence-electron chi connectivity index (χ1n) is 7.09.